The van der Waals surface area contributed by atoms with Gasteiger partial charge in [0.25, 0.3) is 0 Å². The van der Waals surface area contributed by atoms with Crippen LogP contribution in [0.15, 0.2) is 218 Å². The number of fused-ring (bicyclic) bond motifs is 4. The second-order valence-corrected chi connectivity index (χ2v) is 15.1. The van der Waals surface area contributed by atoms with Crippen molar-refractivity contribution in [1.82, 2.24) is 0 Å². The summed E-state index contributed by atoms with van der Waals surface area (Å²) in [5, 5.41) is 7.56. The summed E-state index contributed by atoms with van der Waals surface area (Å²) in [6.07, 6.45) is -0.0760. The second kappa shape index (κ2) is 13.8. The Bertz CT molecular complexity index is 3010. The van der Waals surface area contributed by atoms with Crippen LogP contribution in [0, 0.1) is 0 Å². The molecule has 0 N–H and O–H groups in total. The molecule has 0 fully saturated rings. The van der Waals surface area contributed by atoms with Crippen LogP contribution in [0.1, 0.15) is 28.7 Å². The molecule has 2 atom stereocenters. The molecule has 0 amide bonds. The van der Waals surface area contributed by atoms with Crippen molar-refractivity contribution in [2.75, 3.05) is 0 Å². The summed E-state index contributed by atoms with van der Waals surface area (Å²) in [5.74, 6) is 1.06. The summed E-state index contributed by atoms with van der Waals surface area (Å²) >= 11 is 0. The molecular weight excluding hydrogens is 689 g/mol. The molecule has 11 rings (SSSR count). The molecule has 1 heteroatoms. The molecule has 1 aliphatic rings. The van der Waals surface area contributed by atoms with E-state index in [1.807, 2.05) is 0 Å². The molecule has 1 nitrogen and oxygen atoms in total. The summed E-state index contributed by atoms with van der Waals surface area (Å²) < 4.78 is 6.69. The normalized spacial score (nSPS) is 14.8. The maximum absolute atomic E-state index is 6.69. The van der Waals surface area contributed by atoms with E-state index in [4.69, 9.17) is 4.74 Å². The Morgan fingerprint density at radius 3 is 1.37 bits per heavy atom. The lowest BCUT2D eigenvalue weighted by Gasteiger charge is -2.20. The van der Waals surface area contributed by atoms with E-state index in [0.29, 0.717) is 0 Å². The quantitative estimate of drug-likeness (QED) is 0.155. The van der Waals surface area contributed by atoms with Crippen molar-refractivity contribution in [3.63, 3.8) is 0 Å². The van der Waals surface area contributed by atoms with Crippen molar-refractivity contribution in [3.8, 4) is 50.3 Å². The van der Waals surface area contributed by atoms with Gasteiger partial charge in [-0.1, -0.05) is 206 Å². The lowest BCUT2D eigenvalue weighted by Crippen LogP contribution is -2.11. The second-order valence-electron chi connectivity index (χ2n) is 15.1. The summed E-state index contributed by atoms with van der Waals surface area (Å²) in [6, 6.07) is 79.4. The zero-order chi connectivity index (χ0) is 37.7. The lowest BCUT2D eigenvalue weighted by molar-refractivity contribution is 0.222. The van der Waals surface area contributed by atoms with E-state index < -0.39 is 0 Å². The Labute approximate surface area is 333 Å². The summed E-state index contributed by atoms with van der Waals surface area (Å²) in [6.45, 7) is 0. The molecule has 0 saturated heterocycles. The fraction of sp³-hybridized carbons (Fsp3) is 0.0357. The summed E-state index contributed by atoms with van der Waals surface area (Å²) in [4.78, 5) is 0. The van der Waals surface area contributed by atoms with Crippen molar-refractivity contribution in [1.29, 1.82) is 0 Å². The van der Waals surface area contributed by atoms with Crippen molar-refractivity contribution in [2.45, 2.75) is 12.0 Å². The van der Waals surface area contributed by atoms with Crippen LogP contribution >= 0.6 is 0 Å². The van der Waals surface area contributed by atoms with Gasteiger partial charge in [-0.05, 0) is 100 Å². The maximum Gasteiger partial charge on any atom is 0.135 e. The summed E-state index contributed by atoms with van der Waals surface area (Å²) in [7, 11) is 0. The Balaban J connectivity index is 0.985. The minimum Gasteiger partial charge on any atom is -0.484 e. The van der Waals surface area contributed by atoms with Crippen molar-refractivity contribution >= 4 is 32.3 Å². The molecule has 1 aliphatic heterocycles. The van der Waals surface area contributed by atoms with E-state index >= 15 is 0 Å². The van der Waals surface area contributed by atoms with Gasteiger partial charge in [0.05, 0.1) is 5.92 Å². The number of ether oxygens (including phenoxy) is 1. The smallest absolute Gasteiger partial charge is 0.135 e. The first-order valence-corrected chi connectivity index (χ1v) is 19.8. The Kier molecular flexibility index (Phi) is 8.03. The number of rotatable bonds is 6. The fourth-order valence-corrected chi connectivity index (χ4v) is 9.24. The molecule has 0 saturated carbocycles. The van der Waals surface area contributed by atoms with Gasteiger partial charge in [0.1, 0.15) is 11.9 Å². The monoisotopic (exact) mass is 726 g/mol. The van der Waals surface area contributed by atoms with E-state index in [9.17, 15) is 0 Å². The maximum atomic E-state index is 6.69. The highest BCUT2D eigenvalue weighted by Gasteiger charge is 2.36. The Morgan fingerprint density at radius 2 is 0.772 bits per heavy atom. The number of hydrogen-bond acceptors (Lipinski definition) is 1. The number of benzene rings is 10. The minimum absolute atomic E-state index is 0.0760. The van der Waals surface area contributed by atoms with Crippen LogP contribution < -0.4 is 4.74 Å². The van der Waals surface area contributed by atoms with E-state index in [-0.39, 0.29) is 12.0 Å². The minimum atomic E-state index is -0.0760. The molecule has 0 bridgehead atoms. The molecule has 0 spiro atoms. The Hall–Kier alpha value is -7.22. The summed E-state index contributed by atoms with van der Waals surface area (Å²) in [5.41, 5.74) is 13.5. The van der Waals surface area contributed by atoms with Gasteiger partial charge in [-0.3, -0.25) is 0 Å². The van der Waals surface area contributed by atoms with E-state index in [0.717, 1.165) is 5.75 Å². The highest BCUT2D eigenvalue weighted by Crippen LogP contribution is 2.51. The van der Waals surface area contributed by atoms with Gasteiger partial charge in [-0.25, -0.2) is 0 Å². The van der Waals surface area contributed by atoms with Gasteiger partial charge >= 0.3 is 0 Å². The van der Waals surface area contributed by atoms with Crippen molar-refractivity contribution < 1.29 is 4.74 Å². The van der Waals surface area contributed by atoms with E-state index in [1.165, 1.54) is 93.5 Å². The van der Waals surface area contributed by atoms with Crippen LogP contribution in [-0.4, -0.2) is 0 Å². The highest BCUT2D eigenvalue weighted by molar-refractivity contribution is 6.21. The van der Waals surface area contributed by atoms with Gasteiger partial charge in [0.15, 0.2) is 0 Å². The van der Waals surface area contributed by atoms with Crippen LogP contribution in [0.2, 0.25) is 0 Å². The van der Waals surface area contributed by atoms with Gasteiger partial charge in [0.2, 0.25) is 0 Å². The van der Waals surface area contributed by atoms with Crippen LogP contribution in [0.5, 0.6) is 5.75 Å². The lowest BCUT2D eigenvalue weighted by atomic mass is 9.84. The number of hydrogen-bond donors (Lipinski definition) is 0. The zero-order valence-corrected chi connectivity index (χ0v) is 31.3. The first-order valence-electron chi connectivity index (χ1n) is 19.8. The molecule has 1 heterocycles. The van der Waals surface area contributed by atoms with Crippen LogP contribution in [0.4, 0.5) is 0 Å². The third-order valence-electron chi connectivity index (χ3n) is 11.9. The predicted molar refractivity (Wildman–Crippen MR) is 239 cm³/mol. The average Bonchev–Trinajstić information content (AvgIpc) is 3.68. The molecule has 57 heavy (non-hydrogen) atoms. The van der Waals surface area contributed by atoms with Gasteiger partial charge in [0, 0.05) is 5.56 Å². The zero-order valence-electron chi connectivity index (χ0n) is 31.3. The van der Waals surface area contributed by atoms with Gasteiger partial charge < -0.3 is 4.74 Å². The SMILES string of the molecule is c1ccc(C2Oc3ccc(-c4ccc(-c5c6ccccc6c(-c6ccc(-c7cccc8ccccc78)cc6)c6ccccc56)cc4)cc3C2c2ccccc2)cc1. The molecule has 0 aromatic heterocycles. The molecular formula is C56H38O. The van der Waals surface area contributed by atoms with Crippen LogP contribution in [0.3, 0.4) is 0 Å². The first kappa shape index (κ1) is 33.1. The molecule has 268 valence electrons. The predicted octanol–water partition coefficient (Wildman–Crippen LogP) is 15.1. The van der Waals surface area contributed by atoms with Crippen molar-refractivity contribution in [2.24, 2.45) is 0 Å². The molecule has 2 unspecified atom stereocenters. The molecule has 0 radical (unpaired) electrons. The van der Waals surface area contributed by atoms with Crippen LogP contribution in [0.25, 0.3) is 76.8 Å². The average molecular weight is 727 g/mol. The van der Waals surface area contributed by atoms with E-state index in [1.54, 1.807) is 0 Å². The fourth-order valence-electron chi connectivity index (χ4n) is 9.24. The largest absolute Gasteiger partial charge is 0.484 e. The third kappa shape index (κ3) is 5.71. The van der Waals surface area contributed by atoms with E-state index in [2.05, 4.69) is 218 Å². The molecule has 10 aromatic carbocycles. The highest BCUT2D eigenvalue weighted by atomic mass is 16.5. The third-order valence-corrected chi connectivity index (χ3v) is 11.9. The van der Waals surface area contributed by atoms with Crippen molar-refractivity contribution in [3.05, 3.63) is 235 Å². The standard InChI is InChI=1S/C56H38O/c1-3-15-40(16-4-1)55-51-36-44(34-35-52(51)57-56(55)43-17-5-2-6-18-43)37-26-30-41(31-27-37)53-47-21-9-11-23-49(47)54(50-24-12-10-22-48(50)53)42-32-28-39(29-33-42)46-25-13-19-38-14-7-8-20-45(38)46/h1-36,55-56H. The van der Waals surface area contributed by atoms with Crippen LogP contribution in [-0.2, 0) is 0 Å². The van der Waals surface area contributed by atoms with Gasteiger partial charge in [-0.15, -0.1) is 0 Å². The Morgan fingerprint density at radius 1 is 0.316 bits per heavy atom. The molecule has 0 aliphatic carbocycles. The van der Waals surface area contributed by atoms with Gasteiger partial charge in [-0.2, -0.15) is 0 Å². The topological polar surface area (TPSA) is 9.23 Å². The first-order chi connectivity index (χ1) is 28.3. The molecule has 10 aromatic rings.